The van der Waals surface area contributed by atoms with Gasteiger partial charge in [-0.1, -0.05) is 56.1 Å². The van der Waals surface area contributed by atoms with Crippen molar-refractivity contribution in [2.75, 3.05) is 0 Å². The van der Waals surface area contributed by atoms with Crippen LogP contribution in [0.1, 0.15) is 22.7 Å². The third-order valence-electron chi connectivity index (χ3n) is 3.06. The molecule has 18 heavy (non-hydrogen) atoms. The Balaban J connectivity index is 2.25. The maximum absolute atomic E-state index is 6.31. The standard InChI is InChI=1S/C15H15Br2N/c1-10-4-2-3-5-11(10)8-15(18)13-9-12(16)6-7-14(13)17/h2-7,9,15H,8,18H2,1H3. The highest BCUT2D eigenvalue weighted by Crippen LogP contribution is 2.28. The largest absolute Gasteiger partial charge is 0.324 e. The van der Waals surface area contributed by atoms with Gasteiger partial charge in [-0.25, -0.2) is 0 Å². The predicted molar refractivity (Wildman–Crippen MR) is 83.7 cm³/mol. The molecule has 1 atom stereocenters. The third-order valence-corrected chi connectivity index (χ3v) is 4.27. The van der Waals surface area contributed by atoms with E-state index in [4.69, 9.17) is 5.73 Å². The molecule has 2 rings (SSSR count). The van der Waals surface area contributed by atoms with Crippen LogP contribution in [0.5, 0.6) is 0 Å². The van der Waals surface area contributed by atoms with E-state index in [0.717, 1.165) is 20.9 Å². The number of benzene rings is 2. The van der Waals surface area contributed by atoms with Crippen LogP contribution in [0, 0.1) is 6.92 Å². The van der Waals surface area contributed by atoms with Crippen LogP contribution in [0.15, 0.2) is 51.4 Å². The number of hydrogen-bond acceptors (Lipinski definition) is 1. The summed E-state index contributed by atoms with van der Waals surface area (Å²) in [4.78, 5) is 0. The lowest BCUT2D eigenvalue weighted by atomic mass is 9.97. The van der Waals surface area contributed by atoms with Crippen LogP contribution in [0.25, 0.3) is 0 Å². The van der Waals surface area contributed by atoms with Crippen molar-refractivity contribution in [1.82, 2.24) is 0 Å². The summed E-state index contributed by atoms with van der Waals surface area (Å²) in [5.74, 6) is 0. The molecule has 0 aliphatic carbocycles. The fourth-order valence-corrected chi connectivity index (χ4v) is 2.90. The van der Waals surface area contributed by atoms with Crippen LogP contribution in [-0.4, -0.2) is 0 Å². The second kappa shape index (κ2) is 6.00. The van der Waals surface area contributed by atoms with Gasteiger partial charge in [-0.3, -0.25) is 0 Å². The molecule has 0 saturated heterocycles. The van der Waals surface area contributed by atoms with Crippen molar-refractivity contribution >= 4 is 31.9 Å². The Kier molecular flexibility index (Phi) is 4.60. The molecule has 0 aliphatic heterocycles. The average Bonchev–Trinajstić information content (AvgIpc) is 2.35. The SMILES string of the molecule is Cc1ccccc1CC(N)c1cc(Br)ccc1Br. The van der Waals surface area contributed by atoms with Gasteiger partial charge in [0.05, 0.1) is 0 Å². The molecule has 0 amide bonds. The van der Waals surface area contributed by atoms with E-state index in [0.29, 0.717) is 0 Å². The van der Waals surface area contributed by atoms with E-state index in [1.807, 2.05) is 12.1 Å². The van der Waals surface area contributed by atoms with E-state index in [9.17, 15) is 0 Å². The van der Waals surface area contributed by atoms with Gasteiger partial charge in [0.15, 0.2) is 0 Å². The van der Waals surface area contributed by atoms with Gasteiger partial charge in [0, 0.05) is 15.0 Å². The Hall–Kier alpha value is -0.640. The molecule has 0 heterocycles. The minimum atomic E-state index is -0.00188. The topological polar surface area (TPSA) is 26.0 Å². The molecular formula is C15H15Br2N. The fraction of sp³-hybridized carbons (Fsp3) is 0.200. The van der Waals surface area contributed by atoms with Crippen LogP contribution >= 0.6 is 31.9 Å². The van der Waals surface area contributed by atoms with Gasteiger partial charge in [0.25, 0.3) is 0 Å². The maximum atomic E-state index is 6.31. The Morgan fingerprint density at radius 1 is 1.11 bits per heavy atom. The molecule has 0 radical (unpaired) electrons. The highest BCUT2D eigenvalue weighted by Gasteiger charge is 2.12. The quantitative estimate of drug-likeness (QED) is 0.830. The third kappa shape index (κ3) is 3.22. The zero-order valence-corrected chi connectivity index (χ0v) is 13.3. The molecule has 0 aromatic heterocycles. The van der Waals surface area contributed by atoms with Crippen molar-refractivity contribution in [3.05, 3.63) is 68.1 Å². The van der Waals surface area contributed by atoms with Crippen molar-refractivity contribution in [2.24, 2.45) is 5.73 Å². The molecule has 0 aliphatic rings. The van der Waals surface area contributed by atoms with Gasteiger partial charge in [0.1, 0.15) is 0 Å². The summed E-state index contributed by atoms with van der Waals surface area (Å²) in [6.07, 6.45) is 0.849. The second-order valence-electron chi connectivity index (χ2n) is 4.40. The minimum Gasteiger partial charge on any atom is -0.324 e. The van der Waals surface area contributed by atoms with Gasteiger partial charge in [0.2, 0.25) is 0 Å². The molecule has 1 nitrogen and oxygen atoms in total. The number of rotatable bonds is 3. The summed E-state index contributed by atoms with van der Waals surface area (Å²) in [6, 6.07) is 14.5. The molecule has 94 valence electrons. The summed E-state index contributed by atoms with van der Waals surface area (Å²) in [5, 5.41) is 0. The number of hydrogen-bond donors (Lipinski definition) is 1. The van der Waals surface area contributed by atoms with Crippen molar-refractivity contribution in [2.45, 2.75) is 19.4 Å². The molecule has 2 aromatic carbocycles. The lowest BCUT2D eigenvalue weighted by Crippen LogP contribution is -2.14. The first-order chi connectivity index (χ1) is 8.58. The van der Waals surface area contributed by atoms with Crippen molar-refractivity contribution < 1.29 is 0 Å². The van der Waals surface area contributed by atoms with E-state index in [1.54, 1.807) is 0 Å². The molecule has 0 fully saturated rings. The number of aryl methyl sites for hydroxylation is 1. The van der Waals surface area contributed by atoms with Crippen molar-refractivity contribution in [1.29, 1.82) is 0 Å². The summed E-state index contributed by atoms with van der Waals surface area (Å²) in [7, 11) is 0. The van der Waals surface area contributed by atoms with E-state index >= 15 is 0 Å². The second-order valence-corrected chi connectivity index (χ2v) is 6.17. The van der Waals surface area contributed by atoms with Crippen LogP contribution < -0.4 is 5.73 Å². The van der Waals surface area contributed by atoms with Gasteiger partial charge < -0.3 is 5.73 Å². The zero-order valence-electron chi connectivity index (χ0n) is 10.2. The summed E-state index contributed by atoms with van der Waals surface area (Å²) in [5.41, 5.74) is 10.0. The first kappa shape index (κ1) is 13.8. The first-order valence-corrected chi connectivity index (χ1v) is 7.41. The van der Waals surface area contributed by atoms with Gasteiger partial charge in [-0.05, 0) is 48.2 Å². The number of halogens is 2. The number of nitrogens with two attached hydrogens (primary N) is 1. The molecule has 2 N–H and O–H groups in total. The van der Waals surface area contributed by atoms with Crippen LogP contribution in [0.3, 0.4) is 0 Å². The molecule has 3 heteroatoms. The minimum absolute atomic E-state index is 0.00188. The van der Waals surface area contributed by atoms with E-state index in [-0.39, 0.29) is 6.04 Å². The van der Waals surface area contributed by atoms with Crippen LogP contribution in [0.4, 0.5) is 0 Å². The molecule has 1 unspecified atom stereocenters. The van der Waals surface area contributed by atoms with Gasteiger partial charge >= 0.3 is 0 Å². The Labute approximate surface area is 125 Å². The Morgan fingerprint density at radius 3 is 2.56 bits per heavy atom. The average molecular weight is 369 g/mol. The lowest BCUT2D eigenvalue weighted by molar-refractivity contribution is 0.715. The van der Waals surface area contributed by atoms with Gasteiger partial charge in [-0.15, -0.1) is 0 Å². The van der Waals surface area contributed by atoms with Crippen molar-refractivity contribution in [3.63, 3.8) is 0 Å². The van der Waals surface area contributed by atoms with E-state index in [1.165, 1.54) is 11.1 Å². The Morgan fingerprint density at radius 2 is 1.83 bits per heavy atom. The Bertz CT molecular complexity index is 552. The van der Waals surface area contributed by atoms with Crippen LogP contribution in [-0.2, 0) is 6.42 Å². The molecule has 0 saturated carbocycles. The smallest absolute Gasteiger partial charge is 0.0347 e. The van der Waals surface area contributed by atoms with Crippen LogP contribution in [0.2, 0.25) is 0 Å². The summed E-state index contributed by atoms with van der Waals surface area (Å²) >= 11 is 7.05. The van der Waals surface area contributed by atoms with E-state index < -0.39 is 0 Å². The lowest BCUT2D eigenvalue weighted by Gasteiger charge is -2.16. The molecule has 0 spiro atoms. The maximum Gasteiger partial charge on any atom is 0.0347 e. The highest BCUT2D eigenvalue weighted by atomic mass is 79.9. The highest BCUT2D eigenvalue weighted by molar-refractivity contribution is 9.11. The molecular weight excluding hydrogens is 354 g/mol. The summed E-state index contributed by atoms with van der Waals surface area (Å²) < 4.78 is 2.12. The molecule has 2 aromatic rings. The van der Waals surface area contributed by atoms with E-state index in [2.05, 4.69) is 69.1 Å². The van der Waals surface area contributed by atoms with Crippen molar-refractivity contribution in [3.8, 4) is 0 Å². The first-order valence-electron chi connectivity index (χ1n) is 5.83. The fourth-order valence-electron chi connectivity index (χ4n) is 1.98. The zero-order chi connectivity index (χ0) is 13.1. The normalized spacial score (nSPS) is 12.4. The predicted octanol–water partition coefficient (Wildman–Crippen LogP) is 4.76. The van der Waals surface area contributed by atoms with Gasteiger partial charge in [-0.2, -0.15) is 0 Å². The monoisotopic (exact) mass is 367 g/mol. The summed E-state index contributed by atoms with van der Waals surface area (Å²) in [6.45, 7) is 2.12. The molecule has 0 bridgehead atoms.